The van der Waals surface area contributed by atoms with E-state index in [1.54, 1.807) is 12.1 Å². The number of ether oxygens (including phenoxy) is 2. The van der Waals surface area contributed by atoms with Gasteiger partial charge in [-0.15, -0.1) is 0 Å². The van der Waals surface area contributed by atoms with Crippen LogP contribution in [0.4, 0.5) is 14.7 Å². The molecule has 2 atom stereocenters. The van der Waals surface area contributed by atoms with Crippen LogP contribution in [-0.4, -0.2) is 70.8 Å². The van der Waals surface area contributed by atoms with Gasteiger partial charge < -0.3 is 30.1 Å². The van der Waals surface area contributed by atoms with Crippen molar-refractivity contribution in [3.05, 3.63) is 69.9 Å². The van der Waals surface area contributed by atoms with Crippen LogP contribution in [0.3, 0.4) is 0 Å². The number of carbonyl (C=O) groups is 2. The van der Waals surface area contributed by atoms with Gasteiger partial charge in [-0.3, -0.25) is 9.59 Å². The van der Waals surface area contributed by atoms with Gasteiger partial charge in [0.1, 0.15) is 23.4 Å². The molecule has 3 heterocycles. The molecule has 1 saturated carbocycles. The maximum absolute atomic E-state index is 16.1. The molecule has 1 unspecified atom stereocenters. The number of halogens is 3. The van der Waals surface area contributed by atoms with Crippen molar-refractivity contribution < 1.29 is 33.0 Å². The van der Waals surface area contributed by atoms with Crippen molar-refractivity contribution in [3.63, 3.8) is 0 Å². The standard InChI is InChI=1S/C32H34ClF2N5O5/c1-17(29(42)39-32(16-41,19-4-5-19)20-11-21(34)13-23(12-20)44-2)40-15-18-3-6-24(27(35)26(18)30(40)43)28-25(33)14-36-31(38-28)37-22-7-9-45-10-8-22/h3,6,11-14,17,19,22,41H,4-5,7-10,15-16H2,1-2H3,(H,39,42)(H,36,37,38)/t17-,32?/m1/s1. The first-order chi connectivity index (χ1) is 21.6. The minimum atomic E-state index is -1.28. The quantitative estimate of drug-likeness (QED) is 0.297. The molecule has 3 aliphatic rings. The predicted molar refractivity (Wildman–Crippen MR) is 162 cm³/mol. The molecule has 0 spiro atoms. The molecule has 2 aliphatic heterocycles. The number of nitrogens with one attached hydrogen (secondary N) is 2. The summed E-state index contributed by atoms with van der Waals surface area (Å²) in [4.78, 5) is 37.3. The highest BCUT2D eigenvalue weighted by molar-refractivity contribution is 6.33. The second kappa shape index (κ2) is 12.5. The van der Waals surface area contributed by atoms with E-state index in [4.69, 9.17) is 21.1 Å². The van der Waals surface area contributed by atoms with E-state index in [0.717, 1.165) is 12.8 Å². The first kappa shape index (κ1) is 31.1. The summed E-state index contributed by atoms with van der Waals surface area (Å²) < 4.78 is 41.2. The fourth-order valence-corrected chi connectivity index (χ4v) is 6.37. The zero-order valence-electron chi connectivity index (χ0n) is 24.9. The minimum absolute atomic E-state index is 0.00262. The Labute approximate surface area is 264 Å². The summed E-state index contributed by atoms with van der Waals surface area (Å²) in [5.74, 6) is -2.19. The molecule has 1 aromatic heterocycles. The number of fused-ring (bicyclic) bond motifs is 1. The van der Waals surface area contributed by atoms with Gasteiger partial charge in [-0.2, -0.15) is 0 Å². The maximum atomic E-state index is 16.1. The molecule has 13 heteroatoms. The molecule has 238 valence electrons. The van der Waals surface area contributed by atoms with Crippen molar-refractivity contribution >= 4 is 29.4 Å². The first-order valence-electron chi connectivity index (χ1n) is 14.9. The van der Waals surface area contributed by atoms with E-state index in [-0.39, 0.29) is 46.1 Å². The Bertz CT molecular complexity index is 1630. The van der Waals surface area contributed by atoms with Gasteiger partial charge in [0.2, 0.25) is 11.9 Å². The summed E-state index contributed by atoms with van der Waals surface area (Å²) in [6.07, 6.45) is 4.38. The van der Waals surface area contributed by atoms with E-state index in [2.05, 4.69) is 20.6 Å². The van der Waals surface area contributed by atoms with Crippen molar-refractivity contribution in [2.45, 2.75) is 56.8 Å². The van der Waals surface area contributed by atoms with Gasteiger partial charge in [0.25, 0.3) is 5.91 Å². The second-order valence-electron chi connectivity index (χ2n) is 11.8. The van der Waals surface area contributed by atoms with Crippen molar-refractivity contribution in [2.24, 2.45) is 5.92 Å². The summed E-state index contributed by atoms with van der Waals surface area (Å²) in [7, 11) is 1.40. The van der Waals surface area contributed by atoms with Crippen LogP contribution in [0.2, 0.25) is 5.02 Å². The smallest absolute Gasteiger partial charge is 0.258 e. The van der Waals surface area contributed by atoms with E-state index in [0.29, 0.717) is 43.1 Å². The number of aromatic nitrogens is 2. The van der Waals surface area contributed by atoms with Crippen LogP contribution in [0, 0.1) is 17.6 Å². The molecule has 0 radical (unpaired) electrons. The lowest BCUT2D eigenvalue weighted by atomic mass is 9.85. The fourth-order valence-electron chi connectivity index (χ4n) is 6.17. The molecule has 1 aliphatic carbocycles. The highest BCUT2D eigenvalue weighted by atomic mass is 35.5. The average molecular weight is 642 g/mol. The van der Waals surface area contributed by atoms with E-state index < -0.39 is 41.6 Å². The second-order valence-corrected chi connectivity index (χ2v) is 12.2. The van der Waals surface area contributed by atoms with Gasteiger partial charge >= 0.3 is 0 Å². The van der Waals surface area contributed by atoms with E-state index in [1.165, 1.54) is 43.3 Å². The lowest BCUT2D eigenvalue weighted by Gasteiger charge is -2.36. The van der Waals surface area contributed by atoms with Crippen LogP contribution in [0.25, 0.3) is 11.3 Å². The number of benzene rings is 2. The SMILES string of the molecule is COc1cc(F)cc(C(CO)(NC(=O)[C@@H](C)N2Cc3ccc(-c4nc(NC5CCOCC5)ncc4Cl)c(F)c3C2=O)C2CC2)c1. The molecule has 6 rings (SSSR count). The largest absolute Gasteiger partial charge is 0.497 e. The Morgan fingerprint density at radius 3 is 2.67 bits per heavy atom. The zero-order chi connectivity index (χ0) is 31.9. The van der Waals surface area contributed by atoms with Crippen molar-refractivity contribution in [3.8, 4) is 17.0 Å². The van der Waals surface area contributed by atoms with Crippen molar-refractivity contribution in [2.75, 3.05) is 32.2 Å². The normalized spacial score (nSPS) is 18.7. The fraction of sp³-hybridized carbons (Fsp3) is 0.438. The summed E-state index contributed by atoms with van der Waals surface area (Å²) >= 11 is 6.40. The van der Waals surface area contributed by atoms with Crippen molar-refractivity contribution in [1.29, 1.82) is 0 Å². The molecule has 2 amide bonds. The number of methoxy groups -OCH3 is 1. The first-order valence-corrected chi connectivity index (χ1v) is 15.3. The lowest BCUT2D eigenvalue weighted by Crippen LogP contribution is -2.56. The number of aliphatic hydroxyl groups excluding tert-OH is 1. The molecule has 2 aromatic carbocycles. The minimum Gasteiger partial charge on any atom is -0.497 e. The van der Waals surface area contributed by atoms with Gasteiger partial charge in [-0.1, -0.05) is 17.7 Å². The van der Waals surface area contributed by atoms with Gasteiger partial charge in [-0.25, -0.2) is 18.7 Å². The number of hydrogen-bond acceptors (Lipinski definition) is 8. The monoisotopic (exact) mass is 641 g/mol. The van der Waals surface area contributed by atoms with Crippen molar-refractivity contribution in [1.82, 2.24) is 20.2 Å². The summed E-state index contributed by atoms with van der Waals surface area (Å²) in [6, 6.07) is 6.27. The topological polar surface area (TPSA) is 126 Å². The summed E-state index contributed by atoms with van der Waals surface area (Å²) in [5.41, 5.74) is -0.486. The number of anilines is 1. The van der Waals surface area contributed by atoms with E-state index >= 15 is 4.39 Å². The van der Waals surface area contributed by atoms with Gasteiger partial charge in [0.05, 0.1) is 41.7 Å². The number of nitrogens with zero attached hydrogens (tertiary/aromatic N) is 3. The van der Waals surface area contributed by atoms with Crippen LogP contribution in [0.15, 0.2) is 36.5 Å². The van der Waals surface area contributed by atoms with Crippen LogP contribution in [0.5, 0.6) is 5.75 Å². The summed E-state index contributed by atoms with van der Waals surface area (Å²) in [5, 5.41) is 16.8. The number of amides is 2. The van der Waals surface area contributed by atoms with Crippen LogP contribution < -0.4 is 15.4 Å². The molecule has 45 heavy (non-hydrogen) atoms. The van der Waals surface area contributed by atoms with Crippen LogP contribution in [-0.2, 0) is 21.6 Å². The number of hydrogen-bond donors (Lipinski definition) is 3. The van der Waals surface area contributed by atoms with E-state index in [1.807, 2.05) is 0 Å². The van der Waals surface area contributed by atoms with E-state index in [9.17, 15) is 19.1 Å². The Morgan fingerprint density at radius 1 is 1.22 bits per heavy atom. The van der Waals surface area contributed by atoms with Crippen LogP contribution >= 0.6 is 11.6 Å². The Balaban J connectivity index is 1.24. The zero-order valence-corrected chi connectivity index (χ0v) is 25.7. The van der Waals surface area contributed by atoms with Gasteiger partial charge in [0, 0.05) is 37.4 Å². The molecule has 3 N–H and O–H groups in total. The molecular formula is C32H34ClF2N5O5. The highest BCUT2D eigenvalue weighted by Crippen LogP contribution is 2.46. The third kappa shape index (κ3) is 5.94. The Morgan fingerprint density at radius 2 is 1.98 bits per heavy atom. The third-order valence-corrected chi connectivity index (χ3v) is 9.21. The average Bonchev–Trinajstić information content (AvgIpc) is 3.84. The number of aliphatic hydroxyl groups is 1. The number of rotatable bonds is 10. The molecule has 2 fully saturated rings. The third-order valence-electron chi connectivity index (χ3n) is 8.94. The van der Waals surface area contributed by atoms with Gasteiger partial charge in [0.15, 0.2) is 0 Å². The number of carbonyl (C=O) groups excluding carboxylic acids is 2. The molecule has 1 saturated heterocycles. The molecule has 3 aromatic rings. The highest BCUT2D eigenvalue weighted by Gasteiger charge is 2.49. The predicted octanol–water partition coefficient (Wildman–Crippen LogP) is 4.43. The lowest BCUT2D eigenvalue weighted by molar-refractivity contribution is -0.128. The Hall–Kier alpha value is -3.87. The molecule has 0 bridgehead atoms. The maximum Gasteiger partial charge on any atom is 0.258 e. The van der Waals surface area contributed by atoms with Gasteiger partial charge in [-0.05, 0) is 67.9 Å². The molecular weight excluding hydrogens is 608 g/mol. The molecule has 10 nitrogen and oxygen atoms in total. The Kier molecular flexibility index (Phi) is 8.64. The van der Waals surface area contributed by atoms with Crippen LogP contribution in [0.1, 0.15) is 54.1 Å². The summed E-state index contributed by atoms with van der Waals surface area (Å²) in [6.45, 7) is 2.29.